The van der Waals surface area contributed by atoms with Gasteiger partial charge in [0, 0.05) is 28.2 Å². The van der Waals surface area contributed by atoms with Crippen LogP contribution in [0.1, 0.15) is 19.4 Å². The Morgan fingerprint density at radius 2 is 1.24 bits per heavy atom. The van der Waals surface area contributed by atoms with Crippen LogP contribution >= 0.6 is 35.3 Å². The molecular formula is C30H28N2O11S3. The highest BCUT2D eigenvalue weighted by Gasteiger charge is 2.61. The molecule has 1 spiro atoms. The predicted molar refractivity (Wildman–Crippen MR) is 170 cm³/mol. The van der Waals surface area contributed by atoms with Crippen molar-refractivity contribution in [3.05, 3.63) is 67.2 Å². The Morgan fingerprint density at radius 3 is 1.76 bits per heavy atom. The molecule has 13 nitrogen and oxygen atoms in total. The van der Waals surface area contributed by atoms with Crippen LogP contribution in [0.4, 0.5) is 5.69 Å². The number of thioether (sulfide) groups is 3. The van der Waals surface area contributed by atoms with Gasteiger partial charge in [-0.15, -0.1) is 0 Å². The van der Waals surface area contributed by atoms with E-state index in [0.717, 1.165) is 68.3 Å². The lowest BCUT2D eigenvalue weighted by Crippen LogP contribution is -2.54. The lowest BCUT2D eigenvalue weighted by molar-refractivity contribution is -0.138. The van der Waals surface area contributed by atoms with E-state index in [-0.39, 0.29) is 32.0 Å². The van der Waals surface area contributed by atoms with E-state index in [1.165, 1.54) is 17.0 Å². The Hall–Kier alpha value is -4.28. The van der Waals surface area contributed by atoms with Crippen LogP contribution < -0.4 is 4.90 Å². The minimum atomic E-state index is -1.70. The summed E-state index contributed by atoms with van der Waals surface area (Å²) in [5, 5.41) is 20.5. The van der Waals surface area contributed by atoms with Crippen molar-refractivity contribution in [1.29, 1.82) is 0 Å². The molecule has 0 atom stereocenters. The number of amides is 1. The van der Waals surface area contributed by atoms with Crippen LogP contribution in [0.25, 0.3) is 5.57 Å². The molecule has 2 N–H and O–H groups in total. The van der Waals surface area contributed by atoms with E-state index in [1.54, 1.807) is 38.1 Å². The lowest BCUT2D eigenvalue weighted by atomic mass is 9.83. The van der Waals surface area contributed by atoms with E-state index in [2.05, 4.69) is 0 Å². The number of aromatic nitrogens is 1. The normalized spacial score (nSPS) is 17.8. The van der Waals surface area contributed by atoms with Crippen molar-refractivity contribution >= 4 is 76.3 Å². The van der Waals surface area contributed by atoms with Crippen molar-refractivity contribution < 1.29 is 53.1 Å². The first-order chi connectivity index (χ1) is 21.8. The van der Waals surface area contributed by atoms with Crippen LogP contribution in [0.2, 0.25) is 0 Å². The Bertz CT molecular complexity index is 1760. The number of benzene rings is 1. The fraction of sp³-hybridized carbons (Fsp3) is 0.300. The molecule has 242 valence electrons. The van der Waals surface area contributed by atoms with Gasteiger partial charge in [-0.3, -0.25) is 9.36 Å². The van der Waals surface area contributed by atoms with Crippen molar-refractivity contribution in [2.75, 3.05) is 33.3 Å². The highest BCUT2D eigenvalue weighted by molar-refractivity contribution is 8.26. The third-order valence-electron chi connectivity index (χ3n) is 7.52. The van der Waals surface area contributed by atoms with Crippen LogP contribution in [-0.4, -0.2) is 82.6 Å². The average molecular weight is 689 g/mol. The molecule has 2 aromatic rings. The number of aromatic hydroxyl groups is 2. The lowest BCUT2D eigenvalue weighted by Gasteiger charge is -2.50. The van der Waals surface area contributed by atoms with Gasteiger partial charge >= 0.3 is 23.9 Å². The van der Waals surface area contributed by atoms with Gasteiger partial charge in [-0.05, 0) is 19.9 Å². The number of hydrogen-bond donors (Lipinski definition) is 2. The summed E-state index contributed by atoms with van der Waals surface area (Å²) in [4.78, 5) is 68.9. The van der Waals surface area contributed by atoms with Gasteiger partial charge in [0.15, 0.2) is 11.8 Å². The molecule has 46 heavy (non-hydrogen) atoms. The van der Waals surface area contributed by atoms with Gasteiger partial charge in [0.1, 0.15) is 25.3 Å². The predicted octanol–water partition coefficient (Wildman–Crippen LogP) is 3.52. The standard InChI is InChI=1S/C30H28N2O11S3/c1-29(2)24-19(14-9-7-8-10-15(14)32(29)18(35)13-31-16(33)11-12-17(31)34)30(20(25(36)40-3)21(44-24)26(37)41-4)45-22(27(38)42-5)23(46-30)28(39)43-6/h7-12,33-34H,13H2,1-6H3. The van der Waals surface area contributed by atoms with Crippen LogP contribution in [0.5, 0.6) is 11.8 Å². The summed E-state index contributed by atoms with van der Waals surface area (Å²) < 4.78 is 19.6. The molecule has 4 heterocycles. The monoisotopic (exact) mass is 688 g/mol. The number of anilines is 1. The molecule has 0 bridgehead atoms. The van der Waals surface area contributed by atoms with Crippen LogP contribution in [0.3, 0.4) is 0 Å². The molecule has 5 rings (SSSR count). The van der Waals surface area contributed by atoms with E-state index in [0.29, 0.717) is 21.7 Å². The Labute approximate surface area is 275 Å². The topological polar surface area (TPSA) is 171 Å². The molecule has 0 aliphatic carbocycles. The van der Waals surface area contributed by atoms with Gasteiger partial charge in [-0.2, -0.15) is 0 Å². The molecule has 0 unspecified atom stereocenters. The number of ether oxygens (including phenoxy) is 4. The fourth-order valence-corrected chi connectivity index (χ4v) is 10.6. The summed E-state index contributed by atoms with van der Waals surface area (Å²) >= 11 is 2.55. The van der Waals surface area contributed by atoms with Gasteiger partial charge in [0.05, 0.1) is 45.2 Å². The van der Waals surface area contributed by atoms with Crippen LogP contribution in [0.15, 0.2) is 61.6 Å². The van der Waals surface area contributed by atoms with Crippen molar-refractivity contribution in [3.63, 3.8) is 0 Å². The smallest absolute Gasteiger partial charge is 0.345 e. The largest absolute Gasteiger partial charge is 0.494 e. The van der Waals surface area contributed by atoms with Crippen molar-refractivity contribution in [3.8, 4) is 11.8 Å². The zero-order valence-electron chi connectivity index (χ0n) is 25.4. The number of fused-ring (bicyclic) bond motifs is 3. The zero-order chi connectivity index (χ0) is 33.7. The van der Waals surface area contributed by atoms with Gasteiger partial charge in [-0.25, -0.2) is 19.2 Å². The molecule has 1 aromatic carbocycles. The van der Waals surface area contributed by atoms with Crippen LogP contribution in [-0.2, 0) is 49.5 Å². The number of hydrogen-bond acceptors (Lipinski definition) is 14. The summed E-state index contributed by atoms with van der Waals surface area (Å²) in [5.74, 6) is -4.72. The third-order valence-corrected chi connectivity index (χ3v) is 12.2. The van der Waals surface area contributed by atoms with E-state index in [4.69, 9.17) is 18.9 Å². The molecule has 1 aromatic heterocycles. The number of carbonyl (C=O) groups excluding carboxylic acids is 5. The van der Waals surface area contributed by atoms with E-state index in [9.17, 15) is 34.2 Å². The first kappa shape index (κ1) is 33.1. The number of esters is 4. The van der Waals surface area contributed by atoms with E-state index in [1.807, 2.05) is 0 Å². The summed E-state index contributed by atoms with van der Waals surface area (Å²) in [5.41, 5.74) is -0.191. The average Bonchev–Trinajstić information content (AvgIpc) is 3.58. The molecule has 3 aliphatic rings. The number of para-hydroxylation sites is 1. The molecule has 0 saturated carbocycles. The fourth-order valence-electron chi connectivity index (χ4n) is 5.53. The second kappa shape index (κ2) is 12.1. The molecule has 0 saturated heterocycles. The van der Waals surface area contributed by atoms with Crippen molar-refractivity contribution in [2.45, 2.75) is 30.0 Å². The summed E-state index contributed by atoms with van der Waals surface area (Å²) in [6, 6.07) is 9.31. The first-order valence-corrected chi connectivity index (χ1v) is 15.9. The quantitative estimate of drug-likeness (QED) is 0.334. The van der Waals surface area contributed by atoms with E-state index >= 15 is 0 Å². The Balaban J connectivity index is 1.82. The molecule has 16 heteroatoms. The zero-order valence-corrected chi connectivity index (χ0v) is 27.8. The van der Waals surface area contributed by atoms with Gasteiger partial charge in [0.2, 0.25) is 5.91 Å². The SMILES string of the molecule is COC(=O)C1=C(C(=O)OC)SC2(S1)C(C(=O)OC)=C(C(=O)OC)SC1=C2c2ccccc2N(C(=O)Cn2c(O)ccc2O)C1(C)C. The molecule has 0 radical (unpaired) electrons. The number of carbonyl (C=O) groups is 5. The molecule has 3 aliphatic heterocycles. The summed E-state index contributed by atoms with van der Waals surface area (Å²) in [7, 11) is 4.56. The summed E-state index contributed by atoms with van der Waals surface area (Å²) in [6.07, 6.45) is 0. The van der Waals surface area contributed by atoms with Crippen molar-refractivity contribution in [2.24, 2.45) is 0 Å². The first-order valence-electron chi connectivity index (χ1n) is 13.4. The molecule has 1 amide bonds. The summed E-state index contributed by atoms with van der Waals surface area (Å²) in [6.45, 7) is 3.01. The number of methoxy groups -OCH3 is 4. The van der Waals surface area contributed by atoms with Gasteiger partial charge < -0.3 is 34.1 Å². The second-order valence-corrected chi connectivity index (χ2v) is 14.1. The Morgan fingerprint density at radius 1 is 0.739 bits per heavy atom. The Kier molecular flexibility index (Phi) is 8.74. The maximum atomic E-state index is 14.1. The minimum absolute atomic E-state index is 0.156. The maximum absolute atomic E-state index is 14.1. The highest BCUT2D eigenvalue weighted by atomic mass is 32.2. The highest BCUT2D eigenvalue weighted by Crippen LogP contribution is 2.71. The second-order valence-electron chi connectivity index (χ2n) is 10.4. The number of rotatable bonds is 6. The molecule has 0 fully saturated rings. The van der Waals surface area contributed by atoms with E-state index < -0.39 is 45.9 Å². The maximum Gasteiger partial charge on any atom is 0.345 e. The molecular weight excluding hydrogens is 661 g/mol. The minimum Gasteiger partial charge on any atom is -0.494 e. The van der Waals surface area contributed by atoms with Gasteiger partial charge in [-0.1, -0.05) is 53.5 Å². The van der Waals surface area contributed by atoms with Gasteiger partial charge in [0.25, 0.3) is 0 Å². The third kappa shape index (κ3) is 4.95. The van der Waals surface area contributed by atoms with Crippen molar-refractivity contribution in [1.82, 2.24) is 4.57 Å². The van der Waals surface area contributed by atoms with Crippen LogP contribution in [0, 0.1) is 0 Å². The number of nitrogens with zero attached hydrogens (tertiary/aromatic N) is 2.